The summed E-state index contributed by atoms with van der Waals surface area (Å²) in [5, 5.41) is 0. The van der Waals surface area contributed by atoms with Gasteiger partial charge in [-0.3, -0.25) is 0 Å². The summed E-state index contributed by atoms with van der Waals surface area (Å²) in [6.07, 6.45) is 17.8. The van der Waals surface area contributed by atoms with E-state index in [1.165, 1.54) is 44.3 Å². The van der Waals surface area contributed by atoms with Crippen molar-refractivity contribution in [1.29, 1.82) is 0 Å². The van der Waals surface area contributed by atoms with Gasteiger partial charge in [-0.1, -0.05) is 39.5 Å². The van der Waals surface area contributed by atoms with E-state index in [9.17, 15) is 0 Å². The Morgan fingerprint density at radius 2 is 1.94 bits per heavy atom. The predicted molar refractivity (Wildman–Crippen MR) is 73.7 cm³/mol. The van der Waals surface area contributed by atoms with Crippen LogP contribution in [0.25, 0.3) is 6.20 Å². The second kappa shape index (κ2) is 8.10. The Balaban J connectivity index is 2.28. The molecule has 2 nitrogen and oxygen atoms in total. The van der Waals surface area contributed by atoms with Crippen molar-refractivity contribution in [1.82, 2.24) is 4.57 Å². The minimum absolute atomic E-state index is 1.07. The summed E-state index contributed by atoms with van der Waals surface area (Å²) < 4.78 is 4.41. The van der Waals surface area contributed by atoms with Gasteiger partial charge in [0.2, 0.25) is 0 Å². The molecule has 1 heterocycles. The number of hydrogen-bond acceptors (Lipinski definition) is 0. The standard InChI is InChI=1S/C15H27N2/c1-4-6-7-8-9-10-11-12-17-14-13-16(3)15(17)5-2/h11-14H,4-10H2,1-3H3/q+1. The third-order valence-electron chi connectivity index (χ3n) is 3.21. The van der Waals surface area contributed by atoms with Crippen molar-refractivity contribution in [2.45, 2.75) is 58.8 Å². The lowest BCUT2D eigenvalue weighted by Gasteiger charge is -1.96. The van der Waals surface area contributed by atoms with Gasteiger partial charge < -0.3 is 0 Å². The average molecular weight is 235 g/mol. The fourth-order valence-electron chi connectivity index (χ4n) is 2.15. The average Bonchev–Trinajstić information content (AvgIpc) is 2.69. The zero-order chi connectivity index (χ0) is 12.5. The van der Waals surface area contributed by atoms with E-state index < -0.39 is 0 Å². The molecular formula is C15H27N2+. The van der Waals surface area contributed by atoms with Gasteiger partial charge in [-0.25, -0.2) is 9.13 Å². The fraction of sp³-hybridized carbons (Fsp3) is 0.667. The molecule has 2 heteroatoms. The predicted octanol–water partition coefficient (Wildman–Crippen LogP) is 3.71. The lowest BCUT2D eigenvalue weighted by atomic mass is 10.1. The monoisotopic (exact) mass is 235 g/mol. The van der Waals surface area contributed by atoms with E-state index in [-0.39, 0.29) is 0 Å². The first kappa shape index (κ1) is 14.0. The molecule has 1 rings (SSSR count). The maximum Gasteiger partial charge on any atom is 0.260 e. The molecule has 0 radical (unpaired) electrons. The van der Waals surface area contributed by atoms with E-state index in [4.69, 9.17) is 0 Å². The molecule has 0 amide bonds. The highest BCUT2D eigenvalue weighted by Gasteiger charge is 2.08. The molecule has 0 saturated carbocycles. The number of allylic oxidation sites excluding steroid dienone is 1. The second-order valence-corrected chi connectivity index (χ2v) is 4.67. The summed E-state index contributed by atoms with van der Waals surface area (Å²) in [6, 6.07) is 0. The molecule has 0 unspecified atom stereocenters. The molecule has 0 fully saturated rings. The third kappa shape index (κ3) is 4.76. The molecular weight excluding hydrogens is 208 g/mol. The van der Waals surface area contributed by atoms with E-state index in [0.29, 0.717) is 0 Å². The van der Waals surface area contributed by atoms with Gasteiger partial charge in [0, 0.05) is 6.42 Å². The summed E-state index contributed by atoms with van der Waals surface area (Å²) in [5.41, 5.74) is 0. The Kier molecular flexibility index (Phi) is 6.68. The topological polar surface area (TPSA) is 8.81 Å². The number of rotatable bonds is 8. The molecule has 0 bridgehead atoms. The van der Waals surface area contributed by atoms with Crippen LogP contribution in [0.15, 0.2) is 18.5 Å². The Morgan fingerprint density at radius 1 is 1.18 bits per heavy atom. The van der Waals surface area contributed by atoms with Crippen molar-refractivity contribution in [3.05, 3.63) is 24.3 Å². The first-order valence-electron chi connectivity index (χ1n) is 7.01. The quantitative estimate of drug-likeness (QED) is 0.480. The summed E-state index contributed by atoms with van der Waals surface area (Å²) in [6.45, 7) is 4.46. The molecule has 0 aliphatic rings. The molecule has 1 aromatic heterocycles. The van der Waals surface area contributed by atoms with Crippen molar-refractivity contribution >= 4 is 6.20 Å². The van der Waals surface area contributed by atoms with Gasteiger partial charge in [-0.05, 0) is 18.9 Å². The smallest absolute Gasteiger partial charge is 0.237 e. The Hall–Kier alpha value is -1.05. The van der Waals surface area contributed by atoms with Crippen molar-refractivity contribution in [2.75, 3.05) is 0 Å². The molecule has 96 valence electrons. The first-order valence-corrected chi connectivity index (χ1v) is 7.01. The summed E-state index contributed by atoms with van der Waals surface area (Å²) in [4.78, 5) is 0. The van der Waals surface area contributed by atoms with E-state index in [2.05, 4.69) is 54.7 Å². The molecule has 0 atom stereocenters. The third-order valence-corrected chi connectivity index (χ3v) is 3.21. The van der Waals surface area contributed by atoms with Crippen LogP contribution in [0.1, 0.15) is 58.2 Å². The van der Waals surface area contributed by atoms with Crippen molar-refractivity contribution in [3.63, 3.8) is 0 Å². The number of imidazole rings is 1. The lowest BCUT2D eigenvalue weighted by Crippen LogP contribution is -2.31. The van der Waals surface area contributed by atoms with Crippen LogP contribution in [0, 0.1) is 0 Å². The number of aromatic nitrogens is 2. The zero-order valence-electron chi connectivity index (χ0n) is 11.7. The van der Waals surface area contributed by atoms with Crippen LogP contribution in [0.5, 0.6) is 0 Å². The lowest BCUT2D eigenvalue weighted by molar-refractivity contribution is -0.678. The van der Waals surface area contributed by atoms with Gasteiger partial charge in [0.1, 0.15) is 12.4 Å². The minimum atomic E-state index is 1.07. The molecule has 0 spiro atoms. The van der Waals surface area contributed by atoms with Gasteiger partial charge in [-0.2, -0.15) is 0 Å². The summed E-state index contributed by atoms with van der Waals surface area (Å²) >= 11 is 0. The molecule has 0 N–H and O–H groups in total. The second-order valence-electron chi connectivity index (χ2n) is 4.67. The number of aryl methyl sites for hydroxylation is 1. The van der Waals surface area contributed by atoms with E-state index in [1.54, 1.807) is 0 Å². The highest BCUT2D eigenvalue weighted by molar-refractivity contribution is 5.22. The fourth-order valence-corrected chi connectivity index (χ4v) is 2.15. The van der Waals surface area contributed by atoms with Crippen LogP contribution in [0.2, 0.25) is 0 Å². The number of unbranched alkanes of at least 4 members (excludes halogenated alkanes) is 5. The molecule has 0 aromatic carbocycles. The van der Waals surface area contributed by atoms with Crippen molar-refractivity contribution < 1.29 is 4.57 Å². The summed E-state index contributed by atoms with van der Waals surface area (Å²) in [5.74, 6) is 1.35. The van der Waals surface area contributed by atoms with Crippen molar-refractivity contribution in [2.24, 2.45) is 7.05 Å². The van der Waals surface area contributed by atoms with Crippen LogP contribution in [-0.4, -0.2) is 4.57 Å². The zero-order valence-corrected chi connectivity index (χ0v) is 11.7. The Labute approximate surface area is 106 Å². The molecule has 1 aromatic rings. The van der Waals surface area contributed by atoms with Crippen LogP contribution < -0.4 is 4.57 Å². The minimum Gasteiger partial charge on any atom is -0.237 e. The van der Waals surface area contributed by atoms with E-state index >= 15 is 0 Å². The molecule has 17 heavy (non-hydrogen) atoms. The highest BCUT2D eigenvalue weighted by Crippen LogP contribution is 2.06. The van der Waals surface area contributed by atoms with Gasteiger partial charge in [-0.15, -0.1) is 0 Å². The molecule has 0 saturated heterocycles. The van der Waals surface area contributed by atoms with Gasteiger partial charge >= 0.3 is 0 Å². The van der Waals surface area contributed by atoms with Crippen LogP contribution in [-0.2, 0) is 13.5 Å². The first-order chi connectivity index (χ1) is 8.29. The Morgan fingerprint density at radius 3 is 2.65 bits per heavy atom. The maximum atomic E-state index is 2.30. The Bertz CT molecular complexity index is 337. The SMILES string of the molecule is CCCCCCCC=Cn1cc[n+](C)c1CC. The van der Waals surface area contributed by atoms with Gasteiger partial charge in [0.15, 0.2) is 0 Å². The van der Waals surface area contributed by atoms with Crippen LogP contribution in [0.4, 0.5) is 0 Å². The van der Waals surface area contributed by atoms with Crippen LogP contribution in [0.3, 0.4) is 0 Å². The maximum absolute atomic E-state index is 2.30. The molecule has 0 aliphatic heterocycles. The summed E-state index contributed by atoms with van der Waals surface area (Å²) in [7, 11) is 2.11. The highest BCUT2D eigenvalue weighted by atomic mass is 15.1. The van der Waals surface area contributed by atoms with E-state index in [1.807, 2.05) is 0 Å². The van der Waals surface area contributed by atoms with Gasteiger partial charge in [0.05, 0.1) is 13.2 Å². The van der Waals surface area contributed by atoms with Crippen molar-refractivity contribution in [3.8, 4) is 0 Å². The van der Waals surface area contributed by atoms with E-state index in [0.717, 1.165) is 6.42 Å². The number of hydrogen-bond donors (Lipinski definition) is 0. The number of nitrogens with zero attached hydrogens (tertiary/aromatic N) is 2. The molecule has 0 aliphatic carbocycles. The normalized spacial score (nSPS) is 11.5. The largest absolute Gasteiger partial charge is 0.260 e. The van der Waals surface area contributed by atoms with Gasteiger partial charge in [0.25, 0.3) is 5.82 Å². The van der Waals surface area contributed by atoms with Crippen LogP contribution >= 0.6 is 0 Å².